The van der Waals surface area contributed by atoms with E-state index in [0.29, 0.717) is 6.61 Å². The van der Waals surface area contributed by atoms with E-state index >= 15 is 0 Å². The number of ether oxygens (including phenoxy) is 1. The number of allylic oxidation sites excluding steroid dienone is 3. The number of carbonyl (C=O) groups is 2. The van der Waals surface area contributed by atoms with E-state index in [4.69, 9.17) is 4.74 Å². The summed E-state index contributed by atoms with van der Waals surface area (Å²) in [5, 5.41) is 3.03. The molecular formula is C19H29N3O3. The minimum absolute atomic E-state index is 0.107. The van der Waals surface area contributed by atoms with Crippen molar-refractivity contribution in [3.8, 4) is 0 Å². The smallest absolute Gasteiger partial charge is 0.417 e. The Hall–Kier alpha value is -2.24. The molecule has 0 aromatic heterocycles. The number of carbonyl (C=O) groups excluding carboxylic acids is 2. The summed E-state index contributed by atoms with van der Waals surface area (Å²) < 4.78 is 5.00. The van der Waals surface area contributed by atoms with Gasteiger partial charge in [-0.05, 0) is 44.4 Å². The second-order valence-electron chi connectivity index (χ2n) is 6.26. The van der Waals surface area contributed by atoms with Gasteiger partial charge in [-0.15, -0.1) is 0 Å². The molecule has 2 heterocycles. The van der Waals surface area contributed by atoms with Crippen molar-refractivity contribution in [2.24, 2.45) is 5.92 Å². The van der Waals surface area contributed by atoms with E-state index in [9.17, 15) is 9.59 Å². The molecule has 1 fully saturated rings. The van der Waals surface area contributed by atoms with Gasteiger partial charge < -0.3 is 15.0 Å². The normalized spacial score (nSPS) is 17.9. The van der Waals surface area contributed by atoms with Gasteiger partial charge in [-0.1, -0.05) is 13.3 Å². The number of amides is 2. The first-order valence-corrected chi connectivity index (χ1v) is 9.20. The summed E-state index contributed by atoms with van der Waals surface area (Å²) in [6.07, 6.45) is 12.6. The van der Waals surface area contributed by atoms with Crippen LogP contribution in [0.4, 0.5) is 4.79 Å². The molecule has 0 aromatic carbocycles. The van der Waals surface area contributed by atoms with Crippen molar-refractivity contribution >= 4 is 12.0 Å². The fourth-order valence-electron chi connectivity index (χ4n) is 2.96. The van der Waals surface area contributed by atoms with Gasteiger partial charge in [-0.2, -0.15) is 0 Å². The van der Waals surface area contributed by atoms with E-state index in [2.05, 4.69) is 17.1 Å². The van der Waals surface area contributed by atoms with Crippen LogP contribution in [-0.2, 0) is 9.53 Å². The number of piperidine rings is 1. The van der Waals surface area contributed by atoms with E-state index in [0.717, 1.165) is 51.0 Å². The Morgan fingerprint density at radius 2 is 2.00 bits per heavy atom. The predicted molar refractivity (Wildman–Crippen MR) is 97.4 cm³/mol. The third-order valence-corrected chi connectivity index (χ3v) is 4.46. The third-order valence-electron chi connectivity index (χ3n) is 4.46. The Labute approximate surface area is 150 Å². The molecule has 2 amide bonds. The quantitative estimate of drug-likeness (QED) is 0.750. The first-order chi connectivity index (χ1) is 12.2. The Balaban J connectivity index is 1.83. The van der Waals surface area contributed by atoms with Crippen LogP contribution in [0.25, 0.3) is 0 Å². The van der Waals surface area contributed by atoms with Gasteiger partial charge in [0.1, 0.15) is 0 Å². The van der Waals surface area contributed by atoms with Crippen molar-refractivity contribution in [3.63, 3.8) is 0 Å². The summed E-state index contributed by atoms with van der Waals surface area (Å²) in [7, 11) is 0. The largest absolute Gasteiger partial charge is 0.449 e. The molecule has 0 atom stereocenters. The number of likely N-dealkylation sites (tertiary alicyclic amines) is 1. The molecule has 0 aromatic rings. The summed E-state index contributed by atoms with van der Waals surface area (Å²) >= 11 is 0. The first-order valence-electron chi connectivity index (χ1n) is 9.20. The lowest BCUT2D eigenvalue weighted by atomic mass is 9.95. The molecule has 0 spiro atoms. The van der Waals surface area contributed by atoms with Gasteiger partial charge in [0.05, 0.1) is 6.61 Å². The third kappa shape index (κ3) is 5.66. The number of nitrogens with zero attached hydrogens (tertiary/aromatic N) is 2. The van der Waals surface area contributed by atoms with Crippen LogP contribution in [-0.4, -0.2) is 48.0 Å². The molecule has 2 rings (SSSR count). The number of unbranched alkanes of at least 4 members (excludes halogenated alkanes) is 1. The zero-order chi connectivity index (χ0) is 18.1. The lowest BCUT2D eigenvalue weighted by molar-refractivity contribution is -0.126. The van der Waals surface area contributed by atoms with Crippen LogP contribution in [0.5, 0.6) is 0 Å². The van der Waals surface area contributed by atoms with E-state index < -0.39 is 0 Å². The van der Waals surface area contributed by atoms with E-state index in [1.54, 1.807) is 19.3 Å². The van der Waals surface area contributed by atoms with Crippen LogP contribution in [0.15, 0.2) is 36.3 Å². The van der Waals surface area contributed by atoms with Crippen molar-refractivity contribution in [2.75, 3.05) is 26.2 Å². The highest BCUT2D eigenvalue weighted by Gasteiger charge is 2.25. The molecule has 6 nitrogen and oxygen atoms in total. The summed E-state index contributed by atoms with van der Waals surface area (Å²) in [4.78, 5) is 27.6. The lowest BCUT2D eigenvalue weighted by Crippen LogP contribution is -2.40. The highest BCUT2D eigenvalue weighted by molar-refractivity contribution is 5.78. The monoisotopic (exact) mass is 347 g/mol. The maximum absolute atomic E-state index is 12.2. The molecule has 25 heavy (non-hydrogen) atoms. The molecule has 0 unspecified atom stereocenters. The van der Waals surface area contributed by atoms with E-state index in [1.807, 2.05) is 18.2 Å². The zero-order valence-corrected chi connectivity index (χ0v) is 15.2. The first kappa shape index (κ1) is 19.1. The standard InChI is InChI=1S/C19H29N3O3/c1-3-5-11-20-18(23)16-8-13-21(14-9-16)17-7-6-12-22(15-10-17)19(24)25-4-2/h6-7,10,12,15-16H,3-5,8-9,11,13-14H2,1-2H3,(H,20,23). The van der Waals surface area contributed by atoms with Crippen LogP contribution in [0, 0.1) is 5.92 Å². The number of hydrogen-bond donors (Lipinski definition) is 1. The lowest BCUT2D eigenvalue weighted by Gasteiger charge is -2.33. The van der Waals surface area contributed by atoms with Crippen LogP contribution in [0.3, 0.4) is 0 Å². The average molecular weight is 347 g/mol. The van der Waals surface area contributed by atoms with E-state index in [-0.39, 0.29) is 17.9 Å². The highest BCUT2D eigenvalue weighted by atomic mass is 16.5. The molecule has 1 saturated heterocycles. The van der Waals surface area contributed by atoms with Gasteiger partial charge in [0.25, 0.3) is 0 Å². The Morgan fingerprint density at radius 3 is 2.68 bits per heavy atom. The van der Waals surface area contributed by atoms with Gasteiger partial charge in [-0.25, -0.2) is 4.79 Å². The fourth-order valence-corrected chi connectivity index (χ4v) is 2.96. The summed E-state index contributed by atoms with van der Waals surface area (Å²) in [5.41, 5.74) is 1.05. The van der Waals surface area contributed by atoms with Crippen molar-refractivity contribution in [3.05, 3.63) is 36.3 Å². The molecule has 0 aliphatic carbocycles. The molecule has 138 valence electrons. The number of nitrogens with one attached hydrogen (secondary N) is 1. The Bertz CT molecular complexity index is 546. The SMILES string of the molecule is CCCCNC(=O)C1CCN(C2=CC=CN(C(=O)OCC)C=C2)CC1. The molecule has 2 aliphatic heterocycles. The van der Waals surface area contributed by atoms with Gasteiger partial charge in [-0.3, -0.25) is 9.69 Å². The van der Waals surface area contributed by atoms with Crippen molar-refractivity contribution in [2.45, 2.75) is 39.5 Å². The zero-order valence-electron chi connectivity index (χ0n) is 15.2. The van der Waals surface area contributed by atoms with Gasteiger partial charge in [0, 0.05) is 43.6 Å². The van der Waals surface area contributed by atoms with Crippen LogP contribution >= 0.6 is 0 Å². The Kier molecular flexibility index (Phi) is 7.57. The molecule has 0 radical (unpaired) electrons. The minimum Gasteiger partial charge on any atom is -0.449 e. The predicted octanol–water partition coefficient (Wildman–Crippen LogP) is 3.00. The molecular weight excluding hydrogens is 318 g/mol. The van der Waals surface area contributed by atoms with E-state index in [1.165, 1.54) is 4.90 Å². The summed E-state index contributed by atoms with van der Waals surface area (Å²) in [6.45, 7) is 6.72. The van der Waals surface area contributed by atoms with Crippen molar-refractivity contribution < 1.29 is 14.3 Å². The topological polar surface area (TPSA) is 61.9 Å². The summed E-state index contributed by atoms with van der Waals surface area (Å²) in [6, 6.07) is 0. The van der Waals surface area contributed by atoms with Gasteiger partial charge in [0.15, 0.2) is 0 Å². The molecule has 0 saturated carbocycles. The maximum atomic E-state index is 12.2. The van der Waals surface area contributed by atoms with Crippen molar-refractivity contribution in [1.82, 2.24) is 15.1 Å². The average Bonchev–Trinajstić information content (AvgIpc) is 2.88. The van der Waals surface area contributed by atoms with Gasteiger partial charge >= 0.3 is 6.09 Å². The minimum atomic E-state index is -0.382. The number of hydrogen-bond acceptors (Lipinski definition) is 4. The number of rotatable bonds is 6. The second-order valence-corrected chi connectivity index (χ2v) is 6.26. The maximum Gasteiger partial charge on any atom is 0.417 e. The molecule has 6 heteroatoms. The fraction of sp³-hybridized carbons (Fsp3) is 0.579. The molecule has 0 bridgehead atoms. The second kappa shape index (κ2) is 9.91. The Morgan fingerprint density at radius 1 is 1.24 bits per heavy atom. The van der Waals surface area contributed by atoms with Crippen LogP contribution in [0.2, 0.25) is 0 Å². The summed E-state index contributed by atoms with van der Waals surface area (Å²) in [5.74, 6) is 0.293. The van der Waals surface area contributed by atoms with Crippen LogP contribution in [0.1, 0.15) is 39.5 Å². The van der Waals surface area contributed by atoms with Gasteiger partial charge in [0.2, 0.25) is 5.91 Å². The van der Waals surface area contributed by atoms with Crippen molar-refractivity contribution in [1.29, 1.82) is 0 Å². The highest BCUT2D eigenvalue weighted by Crippen LogP contribution is 2.22. The van der Waals surface area contributed by atoms with Crippen LogP contribution < -0.4 is 5.32 Å². The molecule has 2 aliphatic rings. The molecule has 1 N–H and O–H groups in total.